The highest BCUT2D eigenvalue weighted by Crippen LogP contribution is 2.23. The van der Waals surface area contributed by atoms with Gasteiger partial charge in [-0.15, -0.1) is 0 Å². The van der Waals surface area contributed by atoms with E-state index in [0.717, 1.165) is 11.1 Å². The van der Waals surface area contributed by atoms with E-state index in [1.807, 2.05) is 0 Å². The van der Waals surface area contributed by atoms with Crippen molar-refractivity contribution in [2.24, 2.45) is 5.41 Å². The summed E-state index contributed by atoms with van der Waals surface area (Å²) in [5.74, 6) is -1.69. The first-order chi connectivity index (χ1) is 23.6. The molecule has 2 heterocycles. The largest absolute Gasteiger partial charge is 0.454 e. The van der Waals surface area contributed by atoms with Gasteiger partial charge in [-0.1, -0.05) is 49.7 Å². The SMILES string of the molecule is CC(C)(CNC(=O)C(=O)CCc1ccc(F)cc1)CNC(=O)c1ccc(Nc2cc(NCc3ccc(Cl)cc3)nc(OCC(F)(F)F)n2)nc1. The molecule has 50 heavy (non-hydrogen) atoms. The average Bonchev–Trinajstić information content (AvgIpc) is 3.08. The van der Waals surface area contributed by atoms with Crippen molar-refractivity contribution in [1.29, 1.82) is 0 Å². The Kier molecular flexibility index (Phi) is 12.7. The minimum atomic E-state index is -4.60. The van der Waals surface area contributed by atoms with Gasteiger partial charge in [-0.2, -0.15) is 23.1 Å². The number of nitrogens with zero attached hydrogens (tertiary/aromatic N) is 3. The summed E-state index contributed by atoms with van der Waals surface area (Å²) in [6.07, 6.45) is -3.03. The van der Waals surface area contributed by atoms with Gasteiger partial charge < -0.3 is 26.0 Å². The zero-order chi connectivity index (χ0) is 36.3. The number of ketones is 1. The number of carbonyl (C=O) groups is 3. The van der Waals surface area contributed by atoms with Gasteiger partial charge in [0.25, 0.3) is 11.8 Å². The van der Waals surface area contributed by atoms with Crippen LogP contribution in [0.15, 0.2) is 72.9 Å². The third kappa shape index (κ3) is 12.6. The van der Waals surface area contributed by atoms with E-state index in [2.05, 4.69) is 36.2 Å². The van der Waals surface area contributed by atoms with E-state index in [4.69, 9.17) is 16.3 Å². The molecule has 2 aromatic carbocycles. The van der Waals surface area contributed by atoms with E-state index in [9.17, 15) is 31.9 Å². The molecule has 2 amide bonds. The van der Waals surface area contributed by atoms with Gasteiger partial charge in [-0.3, -0.25) is 14.4 Å². The molecular weight excluding hydrogens is 682 g/mol. The highest BCUT2D eigenvalue weighted by atomic mass is 35.5. The summed E-state index contributed by atoms with van der Waals surface area (Å²) in [7, 11) is 0. The summed E-state index contributed by atoms with van der Waals surface area (Å²) in [5, 5.41) is 11.8. The summed E-state index contributed by atoms with van der Waals surface area (Å²) in [5.41, 5.74) is 1.18. The molecule has 0 aliphatic rings. The molecule has 0 fully saturated rings. The van der Waals surface area contributed by atoms with Gasteiger partial charge in [0, 0.05) is 43.3 Å². The van der Waals surface area contributed by atoms with Crippen LogP contribution in [-0.4, -0.2) is 58.4 Å². The lowest BCUT2D eigenvalue weighted by Crippen LogP contribution is -2.43. The normalized spacial score (nSPS) is 11.4. The summed E-state index contributed by atoms with van der Waals surface area (Å²) in [6, 6.07) is 16.6. The third-order valence-electron chi connectivity index (χ3n) is 7.00. The van der Waals surface area contributed by atoms with Gasteiger partial charge in [0.1, 0.15) is 23.3 Å². The fourth-order valence-corrected chi connectivity index (χ4v) is 4.37. The van der Waals surface area contributed by atoms with Gasteiger partial charge in [-0.05, 0) is 59.4 Å². The molecule has 0 unspecified atom stereocenters. The molecule has 0 aliphatic carbocycles. The number of benzene rings is 2. The smallest absolute Gasteiger partial charge is 0.422 e. The summed E-state index contributed by atoms with van der Waals surface area (Å²) in [6.45, 7) is 2.57. The lowest BCUT2D eigenvalue weighted by Gasteiger charge is -2.25. The van der Waals surface area contributed by atoms with Crippen molar-refractivity contribution in [1.82, 2.24) is 25.6 Å². The quantitative estimate of drug-likeness (QED) is 0.0806. The summed E-state index contributed by atoms with van der Waals surface area (Å²) in [4.78, 5) is 49.6. The second kappa shape index (κ2) is 16.9. The number of hydrogen-bond donors (Lipinski definition) is 4. The van der Waals surface area contributed by atoms with Crippen molar-refractivity contribution in [3.05, 3.63) is 100 Å². The predicted molar refractivity (Wildman–Crippen MR) is 179 cm³/mol. The topological polar surface area (TPSA) is 147 Å². The van der Waals surface area contributed by atoms with Crippen LogP contribution in [0.1, 0.15) is 41.8 Å². The van der Waals surface area contributed by atoms with E-state index in [1.165, 1.54) is 36.5 Å². The molecule has 0 radical (unpaired) electrons. The molecular formula is C34H34ClF4N7O4. The van der Waals surface area contributed by atoms with Crippen LogP contribution in [0.5, 0.6) is 6.01 Å². The van der Waals surface area contributed by atoms with Gasteiger partial charge in [-0.25, -0.2) is 9.37 Å². The van der Waals surface area contributed by atoms with Crippen molar-refractivity contribution < 1.29 is 36.7 Å². The Morgan fingerprint density at radius 1 is 0.840 bits per heavy atom. The number of halogens is 5. The first-order valence-corrected chi connectivity index (χ1v) is 15.7. The monoisotopic (exact) mass is 715 g/mol. The standard InChI is InChI=1S/C34H34ClF4N7O4/c1-33(2,19-43-31(49)26(47)13-7-21-5-11-25(36)12-6-21)18-42-30(48)23-8-14-27(41-17-23)44-29-15-28(40-16-22-3-9-24(35)10-4-22)45-32(46-29)50-20-34(37,38)39/h3-6,8-12,14-15,17H,7,13,16,18-20H2,1-2H3,(H,42,48)(H,43,49)(H2,40,41,44,45,46). The Labute approximate surface area is 290 Å². The minimum Gasteiger partial charge on any atom is -0.454 e. The second-order valence-corrected chi connectivity index (χ2v) is 12.4. The molecule has 4 N–H and O–H groups in total. The van der Waals surface area contributed by atoms with Crippen LogP contribution in [0.3, 0.4) is 0 Å². The van der Waals surface area contributed by atoms with E-state index in [1.54, 1.807) is 50.2 Å². The van der Waals surface area contributed by atoms with E-state index < -0.39 is 41.8 Å². The molecule has 0 saturated carbocycles. The van der Waals surface area contributed by atoms with Crippen LogP contribution in [0.25, 0.3) is 0 Å². The number of pyridine rings is 1. The average molecular weight is 716 g/mol. The first-order valence-electron chi connectivity index (χ1n) is 15.3. The fourth-order valence-electron chi connectivity index (χ4n) is 4.24. The number of aromatic nitrogens is 3. The number of alkyl halides is 3. The molecule has 264 valence electrons. The van der Waals surface area contributed by atoms with Crippen LogP contribution in [0.4, 0.5) is 35.0 Å². The molecule has 0 aliphatic heterocycles. The Morgan fingerprint density at radius 3 is 2.16 bits per heavy atom. The van der Waals surface area contributed by atoms with Crippen LogP contribution in [0.2, 0.25) is 5.02 Å². The number of ether oxygens (including phenoxy) is 1. The maximum atomic E-state index is 13.1. The number of amides is 2. The maximum absolute atomic E-state index is 13.1. The Hall–Kier alpha value is -5.31. The number of aryl methyl sites for hydroxylation is 1. The first kappa shape index (κ1) is 37.5. The minimum absolute atomic E-state index is 0.0287. The number of hydrogen-bond acceptors (Lipinski definition) is 9. The number of Topliss-reactive ketones (excluding diaryl/α,β-unsaturated/α-hetero) is 1. The predicted octanol–water partition coefficient (Wildman–Crippen LogP) is 6.04. The van der Waals surface area contributed by atoms with Crippen molar-refractivity contribution in [2.45, 2.75) is 39.4 Å². The molecule has 4 rings (SSSR count). The Morgan fingerprint density at radius 2 is 1.50 bits per heavy atom. The van der Waals surface area contributed by atoms with Crippen LogP contribution < -0.4 is 26.0 Å². The van der Waals surface area contributed by atoms with Crippen molar-refractivity contribution in [3.63, 3.8) is 0 Å². The third-order valence-corrected chi connectivity index (χ3v) is 7.25. The molecule has 11 nitrogen and oxygen atoms in total. The van der Waals surface area contributed by atoms with Crippen molar-refractivity contribution >= 4 is 46.7 Å². The summed E-state index contributed by atoms with van der Waals surface area (Å²) >= 11 is 5.92. The van der Waals surface area contributed by atoms with Gasteiger partial charge >= 0.3 is 12.2 Å². The zero-order valence-electron chi connectivity index (χ0n) is 27.0. The number of nitrogens with one attached hydrogen (secondary N) is 4. The molecule has 4 aromatic rings. The zero-order valence-corrected chi connectivity index (χ0v) is 27.8. The van der Waals surface area contributed by atoms with E-state index in [0.29, 0.717) is 11.4 Å². The van der Waals surface area contributed by atoms with Crippen LogP contribution in [-0.2, 0) is 22.6 Å². The van der Waals surface area contributed by atoms with Crippen LogP contribution >= 0.6 is 11.6 Å². The van der Waals surface area contributed by atoms with E-state index in [-0.39, 0.29) is 54.9 Å². The van der Waals surface area contributed by atoms with Gasteiger partial charge in [0.15, 0.2) is 6.61 Å². The fraction of sp³-hybridized carbons (Fsp3) is 0.294. The number of carbonyl (C=O) groups excluding carboxylic acids is 3. The highest BCUT2D eigenvalue weighted by molar-refractivity contribution is 6.36. The van der Waals surface area contributed by atoms with E-state index >= 15 is 0 Å². The molecule has 0 atom stereocenters. The number of anilines is 3. The van der Waals surface area contributed by atoms with Gasteiger partial charge in [0.2, 0.25) is 5.78 Å². The molecule has 16 heteroatoms. The lowest BCUT2D eigenvalue weighted by atomic mass is 9.93. The highest BCUT2D eigenvalue weighted by Gasteiger charge is 2.29. The molecule has 0 bridgehead atoms. The van der Waals surface area contributed by atoms with Crippen LogP contribution in [0, 0.1) is 11.2 Å². The van der Waals surface area contributed by atoms with Gasteiger partial charge in [0.05, 0.1) is 5.56 Å². The lowest BCUT2D eigenvalue weighted by molar-refractivity contribution is -0.154. The number of rotatable bonds is 16. The van der Waals surface area contributed by atoms with Crippen molar-refractivity contribution in [3.8, 4) is 6.01 Å². The maximum Gasteiger partial charge on any atom is 0.422 e. The molecule has 2 aromatic heterocycles. The Balaban J connectivity index is 1.29. The Bertz CT molecular complexity index is 1770. The molecule has 0 saturated heterocycles. The summed E-state index contributed by atoms with van der Waals surface area (Å²) < 4.78 is 56.2. The second-order valence-electron chi connectivity index (χ2n) is 11.9. The van der Waals surface area contributed by atoms with Crippen molar-refractivity contribution in [2.75, 3.05) is 30.3 Å². The molecule has 0 spiro atoms.